The van der Waals surface area contributed by atoms with E-state index in [1.807, 2.05) is 91.9 Å². The van der Waals surface area contributed by atoms with Gasteiger partial charge in [0.1, 0.15) is 17.3 Å². The molecule has 0 bridgehead atoms. The molecule has 3 N–H and O–H groups in total. The minimum atomic E-state index is -0.260. The first-order valence-corrected chi connectivity index (χ1v) is 11.4. The molecule has 8 nitrogen and oxygen atoms in total. The van der Waals surface area contributed by atoms with Crippen LogP contribution in [0, 0.1) is 6.92 Å². The van der Waals surface area contributed by atoms with Crippen molar-refractivity contribution in [2.45, 2.75) is 6.92 Å². The SMILES string of the molecule is COc1ccc(Nc2cc(C)nc(Nc3ccc(NC(=O)c4nccc5ccccc45)cc3)n2)cc1. The number of carbonyl (C=O) groups is 1. The van der Waals surface area contributed by atoms with Crippen molar-refractivity contribution in [3.8, 4) is 5.75 Å². The third kappa shape index (κ3) is 5.23. The maximum absolute atomic E-state index is 12.8. The molecule has 8 heteroatoms. The lowest BCUT2D eigenvalue weighted by Gasteiger charge is -2.11. The van der Waals surface area contributed by atoms with Crippen molar-refractivity contribution in [1.29, 1.82) is 0 Å². The van der Waals surface area contributed by atoms with Gasteiger partial charge in [0, 0.05) is 40.4 Å². The van der Waals surface area contributed by atoms with Crippen molar-refractivity contribution in [1.82, 2.24) is 15.0 Å². The van der Waals surface area contributed by atoms with Crippen LogP contribution in [0.15, 0.2) is 91.1 Å². The third-order valence-corrected chi connectivity index (χ3v) is 5.50. The maximum atomic E-state index is 12.8. The summed E-state index contributed by atoms with van der Waals surface area (Å²) in [6.07, 6.45) is 1.64. The van der Waals surface area contributed by atoms with Gasteiger partial charge in [-0.2, -0.15) is 4.98 Å². The highest BCUT2D eigenvalue weighted by molar-refractivity contribution is 6.11. The second-order valence-corrected chi connectivity index (χ2v) is 8.11. The predicted molar refractivity (Wildman–Crippen MR) is 142 cm³/mol. The number of benzene rings is 3. The summed E-state index contributed by atoms with van der Waals surface area (Å²) in [6, 6.07) is 26.4. The van der Waals surface area contributed by atoms with Crippen molar-refractivity contribution in [3.63, 3.8) is 0 Å². The van der Waals surface area contributed by atoms with Crippen molar-refractivity contribution >= 4 is 45.5 Å². The van der Waals surface area contributed by atoms with Gasteiger partial charge in [0.2, 0.25) is 5.95 Å². The second kappa shape index (κ2) is 10.1. The number of methoxy groups -OCH3 is 1. The molecule has 178 valence electrons. The summed E-state index contributed by atoms with van der Waals surface area (Å²) in [5.41, 5.74) is 3.54. The fraction of sp³-hybridized carbons (Fsp3) is 0.0714. The lowest BCUT2D eigenvalue weighted by Crippen LogP contribution is -2.14. The summed E-state index contributed by atoms with van der Waals surface area (Å²) >= 11 is 0. The molecule has 36 heavy (non-hydrogen) atoms. The van der Waals surface area contributed by atoms with E-state index in [1.54, 1.807) is 13.3 Å². The van der Waals surface area contributed by atoms with Crippen LogP contribution in [0.25, 0.3) is 10.8 Å². The maximum Gasteiger partial charge on any atom is 0.274 e. The Morgan fingerprint density at radius 3 is 2.28 bits per heavy atom. The van der Waals surface area contributed by atoms with Gasteiger partial charge < -0.3 is 20.7 Å². The molecule has 0 fully saturated rings. The molecule has 0 radical (unpaired) electrons. The van der Waals surface area contributed by atoms with Gasteiger partial charge in [0.25, 0.3) is 5.91 Å². The molecule has 0 aliphatic heterocycles. The summed E-state index contributed by atoms with van der Waals surface area (Å²) in [4.78, 5) is 26.2. The van der Waals surface area contributed by atoms with Crippen LogP contribution >= 0.6 is 0 Å². The van der Waals surface area contributed by atoms with E-state index in [0.29, 0.717) is 23.1 Å². The molecule has 3 aromatic carbocycles. The van der Waals surface area contributed by atoms with Gasteiger partial charge in [0.15, 0.2) is 0 Å². The molecule has 2 aromatic heterocycles. The number of aromatic nitrogens is 3. The summed E-state index contributed by atoms with van der Waals surface area (Å²) in [5, 5.41) is 11.2. The van der Waals surface area contributed by atoms with E-state index in [-0.39, 0.29) is 5.91 Å². The summed E-state index contributed by atoms with van der Waals surface area (Å²) in [6.45, 7) is 1.91. The standard InChI is InChI=1S/C28H24N6O2/c1-18-17-25(31-20-11-13-23(36-2)14-12-20)34-28(30-18)33-22-9-7-21(8-10-22)32-27(35)26-24-6-4-3-5-19(24)15-16-29-26/h3-17H,1-2H3,(H,32,35)(H2,30,31,33,34). The van der Waals surface area contributed by atoms with Gasteiger partial charge in [-0.05, 0) is 66.9 Å². The Kier molecular flexibility index (Phi) is 6.40. The zero-order valence-electron chi connectivity index (χ0n) is 19.8. The molecule has 2 heterocycles. The van der Waals surface area contributed by atoms with Gasteiger partial charge in [-0.25, -0.2) is 4.98 Å². The van der Waals surface area contributed by atoms with E-state index in [1.165, 1.54) is 0 Å². The smallest absolute Gasteiger partial charge is 0.274 e. The van der Waals surface area contributed by atoms with Crippen LogP contribution in [0.5, 0.6) is 5.75 Å². The minimum Gasteiger partial charge on any atom is -0.497 e. The topological polar surface area (TPSA) is 101 Å². The van der Waals surface area contributed by atoms with Crippen LogP contribution in [0.1, 0.15) is 16.2 Å². The molecule has 0 atom stereocenters. The molecular formula is C28H24N6O2. The van der Waals surface area contributed by atoms with E-state index in [9.17, 15) is 4.79 Å². The highest BCUT2D eigenvalue weighted by atomic mass is 16.5. The molecule has 5 rings (SSSR count). The number of anilines is 5. The molecule has 1 amide bonds. The molecular weight excluding hydrogens is 452 g/mol. The van der Waals surface area contributed by atoms with Gasteiger partial charge in [-0.3, -0.25) is 9.78 Å². The Hall–Kier alpha value is -4.98. The Morgan fingerprint density at radius 2 is 1.50 bits per heavy atom. The first kappa shape index (κ1) is 22.8. The zero-order chi connectivity index (χ0) is 24.9. The largest absolute Gasteiger partial charge is 0.497 e. The summed E-state index contributed by atoms with van der Waals surface area (Å²) in [5.74, 6) is 1.66. The van der Waals surface area contributed by atoms with Gasteiger partial charge in [0.05, 0.1) is 7.11 Å². The number of fused-ring (bicyclic) bond motifs is 1. The highest BCUT2D eigenvalue weighted by Gasteiger charge is 2.12. The molecule has 5 aromatic rings. The fourth-order valence-electron chi connectivity index (χ4n) is 3.77. The number of carbonyl (C=O) groups excluding carboxylic acids is 1. The van der Waals surface area contributed by atoms with Crippen molar-refractivity contribution in [2.75, 3.05) is 23.1 Å². The number of pyridine rings is 1. The van der Waals surface area contributed by atoms with Crippen molar-refractivity contribution < 1.29 is 9.53 Å². The minimum absolute atomic E-state index is 0.260. The first-order chi connectivity index (χ1) is 17.6. The average Bonchev–Trinajstić information content (AvgIpc) is 2.89. The Bertz CT molecular complexity index is 1510. The molecule has 0 saturated carbocycles. The number of nitrogens with one attached hydrogen (secondary N) is 3. The third-order valence-electron chi connectivity index (χ3n) is 5.50. The number of hydrogen-bond acceptors (Lipinski definition) is 7. The van der Waals surface area contributed by atoms with Crippen LogP contribution < -0.4 is 20.7 Å². The van der Waals surface area contributed by atoms with E-state index in [2.05, 4.69) is 30.9 Å². The number of hydrogen-bond donors (Lipinski definition) is 3. The Morgan fingerprint density at radius 1 is 0.806 bits per heavy atom. The number of amides is 1. The highest BCUT2D eigenvalue weighted by Crippen LogP contribution is 2.23. The van der Waals surface area contributed by atoms with Gasteiger partial charge in [-0.1, -0.05) is 24.3 Å². The van der Waals surface area contributed by atoms with Crippen molar-refractivity contribution in [3.05, 3.63) is 103 Å². The van der Waals surface area contributed by atoms with E-state index in [4.69, 9.17) is 4.74 Å². The van der Waals surface area contributed by atoms with E-state index < -0.39 is 0 Å². The van der Waals surface area contributed by atoms with Gasteiger partial charge >= 0.3 is 0 Å². The van der Waals surface area contributed by atoms with Crippen LogP contribution in [0.4, 0.5) is 28.8 Å². The second-order valence-electron chi connectivity index (χ2n) is 8.11. The summed E-state index contributed by atoms with van der Waals surface area (Å²) < 4.78 is 5.20. The van der Waals surface area contributed by atoms with Crippen LogP contribution in [-0.4, -0.2) is 28.0 Å². The molecule has 0 aliphatic rings. The molecule has 0 spiro atoms. The van der Waals surface area contributed by atoms with Crippen LogP contribution in [0.2, 0.25) is 0 Å². The number of aryl methyl sites for hydroxylation is 1. The van der Waals surface area contributed by atoms with E-state index >= 15 is 0 Å². The fourth-order valence-corrected chi connectivity index (χ4v) is 3.77. The zero-order valence-corrected chi connectivity index (χ0v) is 19.8. The number of rotatable bonds is 7. The Labute approximate surface area is 208 Å². The molecule has 0 saturated heterocycles. The average molecular weight is 477 g/mol. The number of nitrogens with zero attached hydrogens (tertiary/aromatic N) is 3. The lowest BCUT2D eigenvalue weighted by atomic mass is 10.1. The van der Waals surface area contributed by atoms with Crippen molar-refractivity contribution in [2.24, 2.45) is 0 Å². The first-order valence-electron chi connectivity index (χ1n) is 11.4. The summed E-state index contributed by atoms with van der Waals surface area (Å²) in [7, 11) is 1.64. The Balaban J connectivity index is 1.27. The lowest BCUT2D eigenvalue weighted by molar-refractivity contribution is 0.102. The van der Waals surface area contributed by atoms with Gasteiger partial charge in [-0.15, -0.1) is 0 Å². The van der Waals surface area contributed by atoms with E-state index in [0.717, 1.165) is 33.6 Å². The van der Waals surface area contributed by atoms with Crippen LogP contribution in [-0.2, 0) is 0 Å². The molecule has 0 unspecified atom stereocenters. The number of ether oxygens (including phenoxy) is 1. The van der Waals surface area contributed by atoms with Crippen LogP contribution in [0.3, 0.4) is 0 Å². The quantitative estimate of drug-likeness (QED) is 0.262. The molecule has 0 aliphatic carbocycles. The predicted octanol–water partition coefficient (Wildman–Crippen LogP) is 6.08. The monoisotopic (exact) mass is 476 g/mol. The normalized spacial score (nSPS) is 10.6.